The molecule has 9 heteroatoms. The number of hydrogen-bond acceptors (Lipinski definition) is 6. The molecule has 0 bridgehead atoms. The second kappa shape index (κ2) is 7.50. The molecule has 0 radical (unpaired) electrons. The summed E-state index contributed by atoms with van der Waals surface area (Å²) in [5.41, 5.74) is 7.21. The molecule has 0 amide bonds. The predicted octanol–water partition coefficient (Wildman–Crippen LogP) is 5.01. The number of nitrogens with zero attached hydrogens (tertiary/aromatic N) is 3. The van der Waals surface area contributed by atoms with Gasteiger partial charge in [0.2, 0.25) is 0 Å². The van der Waals surface area contributed by atoms with Crippen molar-refractivity contribution in [3.05, 3.63) is 70.1 Å². The van der Waals surface area contributed by atoms with E-state index in [1.165, 1.54) is 24.5 Å². The van der Waals surface area contributed by atoms with E-state index >= 15 is 0 Å². The van der Waals surface area contributed by atoms with E-state index in [0.29, 0.717) is 16.8 Å². The molecule has 0 aliphatic heterocycles. The van der Waals surface area contributed by atoms with Crippen molar-refractivity contribution in [2.75, 3.05) is 11.1 Å². The molecule has 6 nitrogen and oxygen atoms in total. The Labute approximate surface area is 172 Å². The van der Waals surface area contributed by atoms with E-state index in [9.17, 15) is 8.78 Å². The first-order valence-corrected chi connectivity index (χ1v) is 9.15. The van der Waals surface area contributed by atoms with Crippen LogP contribution >= 0.6 is 22.6 Å². The number of anilines is 3. The third-order valence-electron chi connectivity index (χ3n) is 3.96. The Morgan fingerprint density at radius 3 is 2.46 bits per heavy atom. The van der Waals surface area contributed by atoms with Crippen molar-refractivity contribution in [1.82, 2.24) is 15.2 Å². The Bertz CT molecular complexity index is 1160. The molecule has 4 rings (SSSR count). The Balaban J connectivity index is 1.91. The standard InChI is InChI=1S/C19H12F2IN5O/c20-13-4-2-1-3-11(13)12-8-24-9-16(17(12)18-26-27-19(23)28-18)25-15-6-5-10(22)7-14(15)21/h1-9,25H,(H2,23,27). The van der Waals surface area contributed by atoms with E-state index in [0.717, 1.165) is 3.57 Å². The van der Waals surface area contributed by atoms with E-state index in [-0.39, 0.29) is 23.2 Å². The van der Waals surface area contributed by atoms with E-state index in [1.807, 2.05) is 22.6 Å². The summed E-state index contributed by atoms with van der Waals surface area (Å²) in [6, 6.07) is 10.8. The van der Waals surface area contributed by atoms with Gasteiger partial charge in [0, 0.05) is 20.9 Å². The van der Waals surface area contributed by atoms with Crippen molar-refractivity contribution in [3.8, 4) is 22.6 Å². The lowest BCUT2D eigenvalue weighted by Crippen LogP contribution is -2.00. The summed E-state index contributed by atoms with van der Waals surface area (Å²) in [5.74, 6) is -0.832. The van der Waals surface area contributed by atoms with E-state index in [1.54, 1.807) is 30.3 Å². The fourth-order valence-electron chi connectivity index (χ4n) is 2.74. The van der Waals surface area contributed by atoms with E-state index in [2.05, 4.69) is 20.5 Å². The lowest BCUT2D eigenvalue weighted by Gasteiger charge is -2.14. The van der Waals surface area contributed by atoms with Crippen LogP contribution in [0.5, 0.6) is 0 Å². The maximum atomic E-state index is 14.4. The molecule has 4 aromatic rings. The molecule has 0 aliphatic rings. The zero-order valence-corrected chi connectivity index (χ0v) is 16.3. The molecule has 140 valence electrons. The van der Waals surface area contributed by atoms with Gasteiger partial charge in [0.05, 0.1) is 23.1 Å². The highest BCUT2D eigenvalue weighted by Crippen LogP contribution is 2.39. The molecule has 0 aliphatic carbocycles. The summed E-state index contributed by atoms with van der Waals surface area (Å²) in [6.07, 6.45) is 2.95. The second-order valence-electron chi connectivity index (χ2n) is 5.78. The van der Waals surface area contributed by atoms with Crippen LogP contribution in [0.3, 0.4) is 0 Å². The fourth-order valence-corrected chi connectivity index (χ4v) is 3.19. The maximum absolute atomic E-state index is 14.4. The lowest BCUT2D eigenvalue weighted by molar-refractivity contribution is 0.590. The average Bonchev–Trinajstić information content (AvgIpc) is 3.10. The molecule has 0 saturated heterocycles. The van der Waals surface area contributed by atoms with Crippen molar-refractivity contribution in [3.63, 3.8) is 0 Å². The third kappa shape index (κ3) is 3.52. The highest BCUT2D eigenvalue weighted by atomic mass is 127. The van der Waals surface area contributed by atoms with Crippen molar-refractivity contribution in [2.45, 2.75) is 0 Å². The maximum Gasteiger partial charge on any atom is 0.313 e. The summed E-state index contributed by atoms with van der Waals surface area (Å²) in [7, 11) is 0. The largest absolute Gasteiger partial charge is 0.403 e. The van der Waals surface area contributed by atoms with Crippen molar-refractivity contribution in [2.24, 2.45) is 0 Å². The number of halogens is 3. The molecule has 2 aromatic heterocycles. The fraction of sp³-hybridized carbons (Fsp3) is 0. The first-order valence-electron chi connectivity index (χ1n) is 8.07. The second-order valence-corrected chi connectivity index (χ2v) is 7.03. The van der Waals surface area contributed by atoms with Crippen molar-refractivity contribution >= 4 is 40.0 Å². The summed E-state index contributed by atoms with van der Waals surface area (Å²) in [4.78, 5) is 4.16. The van der Waals surface area contributed by atoms with Gasteiger partial charge in [-0.2, -0.15) is 0 Å². The molecule has 0 fully saturated rings. The first kappa shape index (κ1) is 18.3. The molecule has 0 saturated carbocycles. The van der Waals surface area contributed by atoms with Crippen LogP contribution in [0.1, 0.15) is 0 Å². The number of nitrogen functional groups attached to an aromatic ring is 1. The number of nitrogens with two attached hydrogens (primary N) is 1. The Morgan fingerprint density at radius 2 is 1.75 bits per heavy atom. The summed E-state index contributed by atoms with van der Waals surface area (Å²) >= 11 is 2.02. The van der Waals surface area contributed by atoms with Crippen LogP contribution in [0, 0.1) is 15.2 Å². The van der Waals surface area contributed by atoms with Gasteiger partial charge in [0.15, 0.2) is 0 Å². The minimum absolute atomic E-state index is 0.0616. The van der Waals surface area contributed by atoms with Gasteiger partial charge in [-0.3, -0.25) is 4.98 Å². The zero-order valence-electron chi connectivity index (χ0n) is 14.2. The summed E-state index contributed by atoms with van der Waals surface area (Å²) in [5, 5.41) is 10.6. The molecule has 0 atom stereocenters. The number of rotatable bonds is 4. The van der Waals surface area contributed by atoms with Crippen LogP contribution in [0.2, 0.25) is 0 Å². The molecule has 0 spiro atoms. The minimum Gasteiger partial charge on any atom is -0.403 e. The van der Waals surface area contributed by atoms with Crippen LogP contribution < -0.4 is 11.1 Å². The number of hydrogen-bond donors (Lipinski definition) is 2. The highest BCUT2D eigenvalue weighted by molar-refractivity contribution is 14.1. The molecular formula is C19H12F2IN5O. The number of aromatic nitrogens is 3. The van der Waals surface area contributed by atoms with Crippen LogP contribution in [0.25, 0.3) is 22.6 Å². The van der Waals surface area contributed by atoms with Gasteiger partial charge in [-0.1, -0.05) is 23.3 Å². The summed E-state index contributed by atoms with van der Waals surface area (Å²) in [6.45, 7) is 0. The van der Waals surface area contributed by atoms with Gasteiger partial charge in [0.1, 0.15) is 11.6 Å². The molecule has 2 heterocycles. The number of benzene rings is 2. The molecule has 3 N–H and O–H groups in total. The smallest absolute Gasteiger partial charge is 0.313 e. The Hall–Kier alpha value is -3.08. The first-order chi connectivity index (χ1) is 13.5. The molecular weight excluding hydrogens is 479 g/mol. The number of pyridine rings is 1. The van der Waals surface area contributed by atoms with Crippen LogP contribution in [-0.2, 0) is 0 Å². The van der Waals surface area contributed by atoms with Gasteiger partial charge in [-0.25, -0.2) is 8.78 Å². The normalized spacial score (nSPS) is 10.8. The Kier molecular flexibility index (Phi) is 4.90. The van der Waals surface area contributed by atoms with Gasteiger partial charge in [-0.05, 0) is 46.9 Å². The van der Waals surface area contributed by atoms with Crippen LogP contribution in [-0.4, -0.2) is 15.2 Å². The highest BCUT2D eigenvalue weighted by Gasteiger charge is 2.21. The monoisotopic (exact) mass is 491 g/mol. The average molecular weight is 491 g/mol. The van der Waals surface area contributed by atoms with Crippen LogP contribution in [0.4, 0.5) is 26.2 Å². The van der Waals surface area contributed by atoms with Gasteiger partial charge in [-0.15, -0.1) is 5.10 Å². The quantitative estimate of drug-likeness (QED) is 0.391. The van der Waals surface area contributed by atoms with E-state index in [4.69, 9.17) is 10.2 Å². The Morgan fingerprint density at radius 1 is 0.929 bits per heavy atom. The number of nitrogens with one attached hydrogen (secondary N) is 1. The van der Waals surface area contributed by atoms with E-state index < -0.39 is 11.6 Å². The topological polar surface area (TPSA) is 89.9 Å². The lowest BCUT2D eigenvalue weighted by atomic mass is 10.00. The van der Waals surface area contributed by atoms with Crippen molar-refractivity contribution < 1.29 is 13.2 Å². The van der Waals surface area contributed by atoms with Gasteiger partial charge in [0.25, 0.3) is 5.89 Å². The van der Waals surface area contributed by atoms with Crippen LogP contribution in [0.15, 0.2) is 59.3 Å². The summed E-state index contributed by atoms with van der Waals surface area (Å²) < 4.78 is 34.9. The molecule has 0 unspecified atom stereocenters. The van der Waals surface area contributed by atoms with Gasteiger partial charge < -0.3 is 15.5 Å². The SMILES string of the molecule is Nc1nnc(-c2c(Nc3ccc(I)cc3F)cncc2-c2ccccc2F)o1. The zero-order chi connectivity index (χ0) is 19.7. The molecule has 28 heavy (non-hydrogen) atoms. The van der Waals surface area contributed by atoms with Gasteiger partial charge >= 0.3 is 6.01 Å². The minimum atomic E-state index is -0.448. The molecule has 2 aromatic carbocycles. The third-order valence-corrected chi connectivity index (χ3v) is 4.64. The van der Waals surface area contributed by atoms with Crippen molar-refractivity contribution in [1.29, 1.82) is 0 Å². The predicted molar refractivity (Wildman–Crippen MR) is 110 cm³/mol.